The van der Waals surface area contributed by atoms with E-state index in [0.717, 1.165) is 11.1 Å². The molecular formula is C30H36BrN3O5S. The van der Waals surface area contributed by atoms with E-state index >= 15 is 0 Å². The topological polar surface area (TPSA) is 108 Å². The molecule has 1 spiro atoms. The number of fused-ring (bicyclic) bond motifs is 1. The van der Waals surface area contributed by atoms with Crippen LogP contribution in [0.25, 0.3) is 0 Å². The zero-order chi connectivity index (χ0) is 28.8. The number of hydrogen-bond donors (Lipinski definition) is 3. The Morgan fingerprint density at radius 2 is 1.88 bits per heavy atom. The molecule has 5 rings (SSSR count). The number of thioether (sulfide) groups is 1. The van der Waals surface area contributed by atoms with Crippen molar-refractivity contribution in [1.29, 1.82) is 0 Å². The molecule has 3 aliphatic rings. The van der Waals surface area contributed by atoms with Gasteiger partial charge in [0, 0.05) is 21.5 Å². The minimum Gasteiger partial charge on any atom is -0.494 e. The predicted molar refractivity (Wildman–Crippen MR) is 161 cm³/mol. The third-order valence-corrected chi connectivity index (χ3v) is 11.7. The van der Waals surface area contributed by atoms with Crippen molar-refractivity contribution in [2.24, 2.45) is 11.8 Å². The van der Waals surface area contributed by atoms with E-state index in [-0.39, 0.29) is 34.4 Å². The van der Waals surface area contributed by atoms with Gasteiger partial charge in [-0.25, -0.2) is 0 Å². The van der Waals surface area contributed by atoms with Crippen molar-refractivity contribution < 1.29 is 24.2 Å². The number of hydrogen-bond acceptors (Lipinski definition) is 6. The van der Waals surface area contributed by atoms with Gasteiger partial charge in [-0.15, -0.1) is 11.8 Å². The highest BCUT2D eigenvalue weighted by Gasteiger charge is 2.76. The Bertz CT molecular complexity index is 1300. The average molecular weight is 631 g/mol. The van der Waals surface area contributed by atoms with Crippen LogP contribution >= 0.6 is 27.7 Å². The maximum atomic E-state index is 14.2. The molecule has 3 fully saturated rings. The molecule has 2 bridgehead atoms. The number of carbonyl (C=O) groups is 3. The summed E-state index contributed by atoms with van der Waals surface area (Å²) in [6, 6.07) is 11.7. The molecule has 214 valence electrons. The van der Waals surface area contributed by atoms with Gasteiger partial charge in [0.1, 0.15) is 11.8 Å². The molecule has 7 atom stereocenters. The van der Waals surface area contributed by atoms with Gasteiger partial charge >= 0.3 is 0 Å². The van der Waals surface area contributed by atoms with Crippen molar-refractivity contribution in [3.8, 4) is 5.75 Å². The molecule has 3 saturated heterocycles. The molecule has 40 heavy (non-hydrogen) atoms. The van der Waals surface area contributed by atoms with Crippen LogP contribution in [0.4, 0.5) is 11.4 Å². The van der Waals surface area contributed by atoms with Crippen molar-refractivity contribution in [2.45, 2.75) is 67.4 Å². The maximum absolute atomic E-state index is 14.2. The number of nitrogens with one attached hydrogen (secondary N) is 2. The van der Waals surface area contributed by atoms with E-state index < -0.39 is 28.7 Å². The number of halogens is 1. The number of alkyl halides is 1. The van der Waals surface area contributed by atoms with Crippen LogP contribution in [0.1, 0.15) is 37.8 Å². The fourth-order valence-electron chi connectivity index (χ4n) is 6.57. The molecule has 3 unspecified atom stereocenters. The molecular weight excluding hydrogens is 594 g/mol. The van der Waals surface area contributed by atoms with Crippen LogP contribution in [0.5, 0.6) is 5.75 Å². The number of benzene rings is 2. The number of likely N-dealkylation sites (tertiary alicyclic amines) is 1. The summed E-state index contributed by atoms with van der Waals surface area (Å²) in [7, 11) is 0. The van der Waals surface area contributed by atoms with Gasteiger partial charge in [-0.1, -0.05) is 35.0 Å². The van der Waals surface area contributed by atoms with Crippen molar-refractivity contribution in [1.82, 2.24) is 4.90 Å². The van der Waals surface area contributed by atoms with Crippen LogP contribution < -0.4 is 15.4 Å². The highest BCUT2D eigenvalue weighted by molar-refractivity contribution is 9.09. The van der Waals surface area contributed by atoms with E-state index in [0.29, 0.717) is 36.6 Å². The summed E-state index contributed by atoms with van der Waals surface area (Å²) in [5.74, 6) is -1.34. The minimum atomic E-state index is -0.819. The zero-order valence-electron chi connectivity index (χ0n) is 23.1. The van der Waals surface area contributed by atoms with Gasteiger partial charge in [-0.3, -0.25) is 14.4 Å². The quantitative estimate of drug-likeness (QED) is 0.352. The molecule has 0 aliphatic carbocycles. The zero-order valence-corrected chi connectivity index (χ0v) is 25.6. The lowest BCUT2D eigenvalue weighted by molar-refractivity contribution is -0.141. The number of carbonyl (C=O) groups excluding carboxylic acids is 3. The van der Waals surface area contributed by atoms with Crippen molar-refractivity contribution in [2.75, 3.05) is 23.8 Å². The number of amides is 3. The van der Waals surface area contributed by atoms with E-state index in [1.54, 1.807) is 40.9 Å². The van der Waals surface area contributed by atoms with Gasteiger partial charge in [0.15, 0.2) is 0 Å². The van der Waals surface area contributed by atoms with Crippen LogP contribution in [-0.2, 0) is 14.4 Å². The Hall–Kier alpha value is -2.56. The standard InChI is InChI=1S/C30H36BrN3O5S/c1-5-19(15-35)34-26(28(37)33-22-13-16(3)7-8-17(22)4)30-14-21(31)25(40-30)23(24(30)29(34)38)27(36)32-18-9-11-20(12-10-18)39-6-2/h7-13,19,21,23-26,35H,5-6,14-15H2,1-4H3,(H,32,36)(H,33,37)/t19-,21?,23-,24-,25-,26?,30?/m0/s1. The second-order valence-corrected chi connectivity index (χ2v) is 13.6. The fraction of sp³-hybridized carbons (Fsp3) is 0.500. The Balaban J connectivity index is 1.49. The second-order valence-electron chi connectivity index (χ2n) is 10.9. The van der Waals surface area contributed by atoms with Gasteiger partial charge in [-0.2, -0.15) is 0 Å². The largest absolute Gasteiger partial charge is 0.494 e. The SMILES string of the molecule is CCOc1ccc(NC(=O)[C@H]2[C@H]3C(=O)N([C@@H](CC)CO)C(C(=O)Nc4cc(C)ccc4C)C34CC(Br)[C@@H]2S4)cc1. The van der Waals surface area contributed by atoms with E-state index in [9.17, 15) is 19.5 Å². The van der Waals surface area contributed by atoms with Crippen molar-refractivity contribution >= 4 is 56.8 Å². The number of rotatable bonds is 9. The van der Waals surface area contributed by atoms with E-state index in [2.05, 4.69) is 26.6 Å². The highest BCUT2D eigenvalue weighted by Crippen LogP contribution is 2.68. The molecule has 10 heteroatoms. The summed E-state index contributed by atoms with van der Waals surface area (Å²) in [5.41, 5.74) is 3.26. The Labute approximate surface area is 247 Å². The molecule has 3 heterocycles. The van der Waals surface area contributed by atoms with Crippen molar-refractivity contribution in [3.63, 3.8) is 0 Å². The first-order valence-electron chi connectivity index (χ1n) is 13.8. The Morgan fingerprint density at radius 3 is 2.52 bits per heavy atom. The van der Waals surface area contributed by atoms with Crippen LogP contribution in [0, 0.1) is 25.7 Å². The lowest BCUT2D eigenvalue weighted by Crippen LogP contribution is -2.55. The number of ether oxygens (including phenoxy) is 1. The Kier molecular flexibility index (Phi) is 8.23. The number of aryl methyl sites for hydroxylation is 2. The smallest absolute Gasteiger partial charge is 0.248 e. The number of aliphatic hydroxyl groups excluding tert-OH is 1. The first-order chi connectivity index (χ1) is 19.1. The van der Waals surface area contributed by atoms with E-state index in [1.807, 2.05) is 45.9 Å². The third kappa shape index (κ3) is 4.81. The average Bonchev–Trinajstić information content (AvgIpc) is 3.52. The first kappa shape index (κ1) is 29.0. The summed E-state index contributed by atoms with van der Waals surface area (Å²) < 4.78 is 4.71. The highest BCUT2D eigenvalue weighted by atomic mass is 79.9. The van der Waals surface area contributed by atoms with E-state index in [4.69, 9.17) is 4.74 Å². The van der Waals surface area contributed by atoms with Gasteiger partial charge in [0.05, 0.1) is 35.8 Å². The van der Waals surface area contributed by atoms with Gasteiger partial charge in [-0.05, 0) is 75.1 Å². The predicted octanol–water partition coefficient (Wildman–Crippen LogP) is 4.51. The molecule has 8 nitrogen and oxygen atoms in total. The lowest BCUT2D eigenvalue weighted by Gasteiger charge is -2.37. The fourth-order valence-corrected chi connectivity index (χ4v) is 10.2. The van der Waals surface area contributed by atoms with Crippen LogP contribution in [-0.4, -0.2) is 67.8 Å². The first-order valence-corrected chi connectivity index (χ1v) is 15.6. The number of nitrogens with zero attached hydrogens (tertiary/aromatic N) is 1. The Morgan fingerprint density at radius 1 is 1.15 bits per heavy atom. The molecule has 3 amide bonds. The molecule has 0 radical (unpaired) electrons. The van der Waals surface area contributed by atoms with Gasteiger partial charge in [0.25, 0.3) is 0 Å². The summed E-state index contributed by atoms with van der Waals surface area (Å²) in [6.07, 6.45) is 1.07. The summed E-state index contributed by atoms with van der Waals surface area (Å²) >= 11 is 5.38. The third-order valence-electron chi connectivity index (χ3n) is 8.44. The molecule has 0 saturated carbocycles. The number of anilines is 2. The molecule has 2 aromatic rings. The van der Waals surface area contributed by atoms with E-state index in [1.165, 1.54) is 0 Å². The summed E-state index contributed by atoms with van der Waals surface area (Å²) in [4.78, 5) is 43.7. The monoisotopic (exact) mass is 629 g/mol. The second kappa shape index (κ2) is 11.4. The van der Waals surface area contributed by atoms with Crippen molar-refractivity contribution in [3.05, 3.63) is 53.6 Å². The lowest BCUT2D eigenvalue weighted by atomic mass is 9.70. The van der Waals surface area contributed by atoms with Crippen LogP contribution in [0.2, 0.25) is 0 Å². The molecule has 2 aromatic carbocycles. The minimum absolute atomic E-state index is 0.0391. The molecule has 3 aliphatic heterocycles. The molecule has 0 aromatic heterocycles. The number of aliphatic hydroxyl groups is 1. The maximum Gasteiger partial charge on any atom is 0.248 e. The van der Waals surface area contributed by atoms with Crippen LogP contribution in [0.15, 0.2) is 42.5 Å². The normalized spacial score (nSPS) is 29.3. The summed E-state index contributed by atoms with van der Waals surface area (Å²) in [6.45, 7) is 7.99. The summed E-state index contributed by atoms with van der Waals surface area (Å²) in [5, 5.41) is 16.2. The van der Waals surface area contributed by atoms with Gasteiger partial charge in [0.2, 0.25) is 17.7 Å². The van der Waals surface area contributed by atoms with Gasteiger partial charge < -0.3 is 25.4 Å². The molecule has 3 N–H and O–H groups in total. The van der Waals surface area contributed by atoms with Crippen LogP contribution in [0.3, 0.4) is 0 Å².